The van der Waals surface area contributed by atoms with Gasteiger partial charge in [0.1, 0.15) is 0 Å². The van der Waals surface area contributed by atoms with Crippen LogP contribution in [0.4, 0.5) is 4.79 Å². The predicted octanol–water partition coefficient (Wildman–Crippen LogP) is 3.67. The number of hydrogen-bond donors (Lipinski definition) is 1. The number of amides is 1. The normalized spacial score (nSPS) is 10.3. The molecule has 1 N–H and O–H groups in total. The Bertz CT molecular complexity index is 633. The van der Waals surface area contributed by atoms with Gasteiger partial charge in [0.2, 0.25) is 0 Å². The molecule has 0 fully saturated rings. The molecule has 0 aromatic heterocycles. The van der Waals surface area contributed by atoms with Gasteiger partial charge in [-0.05, 0) is 25.0 Å². The van der Waals surface area contributed by atoms with E-state index in [1.807, 2.05) is 56.3 Å². The highest BCUT2D eigenvalue weighted by atomic mass is 16.6. The number of rotatable bonds is 5. The summed E-state index contributed by atoms with van der Waals surface area (Å²) in [6, 6.07) is 17.2. The Hall–Kier alpha value is -2.62. The van der Waals surface area contributed by atoms with Gasteiger partial charge in [0.05, 0.1) is 0 Å². The van der Waals surface area contributed by atoms with Gasteiger partial charge in [-0.3, -0.25) is 4.79 Å². The molecule has 2 aromatic carbocycles. The minimum atomic E-state index is -0.579. The van der Waals surface area contributed by atoms with Crippen molar-refractivity contribution in [2.24, 2.45) is 0 Å². The molecule has 0 aliphatic heterocycles. The lowest BCUT2D eigenvalue weighted by molar-refractivity contribution is 0.0841. The zero-order chi connectivity index (χ0) is 15.9. The molecule has 2 aromatic rings. The van der Waals surface area contributed by atoms with E-state index in [1.165, 1.54) is 0 Å². The SMILES string of the molecule is CC(C)NC(=O)OCC(=O)c1ccc(-c2ccccc2)cc1. The second-order valence-electron chi connectivity index (χ2n) is 5.24. The smallest absolute Gasteiger partial charge is 0.407 e. The van der Waals surface area contributed by atoms with Gasteiger partial charge in [-0.25, -0.2) is 4.79 Å². The standard InChI is InChI=1S/C18H19NO3/c1-13(2)19-18(21)22-12-17(20)16-10-8-15(9-11-16)14-6-4-3-5-7-14/h3-11,13H,12H2,1-2H3,(H,19,21). The van der Waals surface area contributed by atoms with Crippen molar-refractivity contribution in [3.63, 3.8) is 0 Å². The third-order valence-corrected chi connectivity index (χ3v) is 3.05. The van der Waals surface area contributed by atoms with E-state index in [-0.39, 0.29) is 18.4 Å². The Morgan fingerprint density at radius 1 is 0.955 bits per heavy atom. The molecule has 0 spiro atoms. The van der Waals surface area contributed by atoms with E-state index in [4.69, 9.17) is 4.74 Å². The van der Waals surface area contributed by atoms with Crippen LogP contribution in [0.5, 0.6) is 0 Å². The lowest BCUT2D eigenvalue weighted by atomic mass is 10.0. The summed E-state index contributed by atoms with van der Waals surface area (Å²) in [6.07, 6.45) is -0.579. The average Bonchev–Trinajstić information content (AvgIpc) is 2.53. The maximum absolute atomic E-state index is 12.0. The lowest BCUT2D eigenvalue weighted by Crippen LogP contribution is -2.32. The van der Waals surface area contributed by atoms with Crippen LogP contribution in [0.25, 0.3) is 11.1 Å². The number of nitrogens with one attached hydrogen (secondary N) is 1. The fourth-order valence-corrected chi connectivity index (χ4v) is 1.97. The molecule has 0 bridgehead atoms. The molecule has 0 heterocycles. The molecule has 0 atom stereocenters. The maximum Gasteiger partial charge on any atom is 0.407 e. The van der Waals surface area contributed by atoms with Crippen molar-refractivity contribution in [2.75, 3.05) is 6.61 Å². The van der Waals surface area contributed by atoms with Gasteiger partial charge in [0, 0.05) is 11.6 Å². The molecule has 0 unspecified atom stereocenters. The van der Waals surface area contributed by atoms with Crippen molar-refractivity contribution >= 4 is 11.9 Å². The zero-order valence-electron chi connectivity index (χ0n) is 12.7. The van der Waals surface area contributed by atoms with Gasteiger partial charge in [0.15, 0.2) is 12.4 Å². The van der Waals surface area contributed by atoms with Crippen LogP contribution < -0.4 is 5.32 Å². The number of ketones is 1. The van der Waals surface area contributed by atoms with E-state index in [0.717, 1.165) is 11.1 Å². The highest BCUT2D eigenvalue weighted by Crippen LogP contribution is 2.19. The first-order chi connectivity index (χ1) is 10.6. The van der Waals surface area contributed by atoms with Crippen LogP contribution in [-0.4, -0.2) is 24.5 Å². The van der Waals surface area contributed by atoms with Crippen LogP contribution >= 0.6 is 0 Å². The van der Waals surface area contributed by atoms with E-state index < -0.39 is 6.09 Å². The monoisotopic (exact) mass is 297 g/mol. The van der Waals surface area contributed by atoms with E-state index in [0.29, 0.717) is 5.56 Å². The predicted molar refractivity (Wildman–Crippen MR) is 85.8 cm³/mol. The van der Waals surface area contributed by atoms with E-state index in [1.54, 1.807) is 12.1 Å². The van der Waals surface area contributed by atoms with Gasteiger partial charge in [-0.15, -0.1) is 0 Å². The minimum Gasteiger partial charge on any atom is -0.441 e. The molecule has 0 saturated heterocycles. The summed E-state index contributed by atoms with van der Waals surface area (Å²) >= 11 is 0. The summed E-state index contributed by atoms with van der Waals surface area (Å²) in [5, 5.41) is 2.57. The average molecular weight is 297 g/mol. The largest absolute Gasteiger partial charge is 0.441 e. The van der Waals surface area contributed by atoms with Gasteiger partial charge >= 0.3 is 6.09 Å². The van der Waals surface area contributed by atoms with Crippen molar-refractivity contribution in [1.29, 1.82) is 0 Å². The molecule has 0 aliphatic carbocycles. The Kier molecular flexibility index (Phi) is 5.31. The van der Waals surface area contributed by atoms with Crippen LogP contribution in [0.3, 0.4) is 0 Å². The van der Waals surface area contributed by atoms with Crippen molar-refractivity contribution in [1.82, 2.24) is 5.32 Å². The highest BCUT2D eigenvalue weighted by Gasteiger charge is 2.10. The third-order valence-electron chi connectivity index (χ3n) is 3.05. The fourth-order valence-electron chi connectivity index (χ4n) is 1.97. The summed E-state index contributed by atoms with van der Waals surface area (Å²) in [5.74, 6) is -0.224. The van der Waals surface area contributed by atoms with Crippen molar-refractivity contribution < 1.29 is 14.3 Å². The first-order valence-electron chi connectivity index (χ1n) is 7.18. The first-order valence-corrected chi connectivity index (χ1v) is 7.18. The number of Topliss-reactive ketones (excluding diaryl/α,β-unsaturated/α-hetero) is 1. The molecule has 22 heavy (non-hydrogen) atoms. The number of hydrogen-bond acceptors (Lipinski definition) is 3. The maximum atomic E-state index is 12.0. The second-order valence-corrected chi connectivity index (χ2v) is 5.24. The molecular weight excluding hydrogens is 278 g/mol. The first kappa shape index (κ1) is 15.8. The summed E-state index contributed by atoms with van der Waals surface area (Å²) in [7, 11) is 0. The van der Waals surface area contributed by atoms with Crippen molar-refractivity contribution in [3.8, 4) is 11.1 Å². The van der Waals surface area contributed by atoms with Gasteiger partial charge in [-0.2, -0.15) is 0 Å². The minimum absolute atomic E-state index is 0.0206. The number of carbonyl (C=O) groups is 2. The molecule has 0 radical (unpaired) electrons. The van der Waals surface area contributed by atoms with Crippen LogP contribution in [0.15, 0.2) is 54.6 Å². The summed E-state index contributed by atoms with van der Waals surface area (Å²) in [4.78, 5) is 23.3. The highest BCUT2D eigenvalue weighted by molar-refractivity contribution is 5.98. The summed E-state index contributed by atoms with van der Waals surface area (Å²) < 4.78 is 4.88. The van der Waals surface area contributed by atoms with Crippen LogP contribution in [0, 0.1) is 0 Å². The van der Waals surface area contributed by atoms with Gasteiger partial charge < -0.3 is 10.1 Å². The Labute approximate surface area is 130 Å². The third kappa shape index (κ3) is 4.45. The summed E-state index contributed by atoms with van der Waals surface area (Å²) in [6.45, 7) is 3.39. The van der Waals surface area contributed by atoms with Crippen LogP contribution in [0.2, 0.25) is 0 Å². The summed E-state index contributed by atoms with van der Waals surface area (Å²) in [5.41, 5.74) is 2.65. The molecular formula is C18H19NO3. The number of alkyl carbamates (subject to hydrolysis) is 1. The van der Waals surface area contributed by atoms with Crippen LogP contribution in [0.1, 0.15) is 24.2 Å². The number of benzene rings is 2. The Morgan fingerprint density at radius 2 is 1.55 bits per heavy atom. The molecule has 1 amide bonds. The van der Waals surface area contributed by atoms with Crippen molar-refractivity contribution in [3.05, 3.63) is 60.2 Å². The molecule has 4 heteroatoms. The molecule has 114 valence electrons. The second kappa shape index (κ2) is 7.41. The quantitative estimate of drug-likeness (QED) is 0.857. The van der Waals surface area contributed by atoms with E-state index in [9.17, 15) is 9.59 Å². The van der Waals surface area contributed by atoms with Crippen molar-refractivity contribution in [2.45, 2.75) is 19.9 Å². The Balaban J connectivity index is 1.95. The Morgan fingerprint density at radius 3 is 2.14 bits per heavy atom. The molecule has 0 saturated carbocycles. The van der Waals surface area contributed by atoms with Crippen LogP contribution in [-0.2, 0) is 4.74 Å². The molecule has 2 rings (SSSR count). The molecule has 0 aliphatic rings. The van der Waals surface area contributed by atoms with Gasteiger partial charge in [0.25, 0.3) is 0 Å². The fraction of sp³-hybridized carbons (Fsp3) is 0.222. The van der Waals surface area contributed by atoms with E-state index >= 15 is 0 Å². The lowest BCUT2D eigenvalue weighted by Gasteiger charge is -2.09. The van der Waals surface area contributed by atoms with E-state index in [2.05, 4.69) is 5.32 Å². The number of ether oxygens (including phenoxy) is 1. The zero-order valence-corrected chi connectivity index (χ0v) is 12.7. The number of carbonyl (C=O) groups excluding carboxylic acids is 2. The van der Waals surface area contributed by atoms with Gasteiger partial charge in [-0.1, -0.05) is 54.6 Å². The topological polar surface area (TPSA) is 55.4 Å². The molecule has 4 nitrogen and oxygen atoms in total.